The first kappa shape index (κ1) is 16.6. The molecule has 0 bridgehead atoms. The zero-order chi connectivity index (χ0) is 17.2. The quantitative estimate of drug-likeness (QED) is 0.839. The summed E-state index contributed by atoms with van der Waals surface area (Å²) < 4.78 is 78.7. The number of anilines is 1. The number of H-pyrrole nitrogens is 1. The largest absolute Gasteiger partial charge is 0.432 e. The van der Waals surface area contributed by atoms with E-state index in [2.05, 4.69) is 9.84 Å². The number of hydrogen-bond acceptors (Lipinski definition) is 3. The Morgan fingerprint density at radius 3 is 2.52 bits per heavy atom. The van der Waals surface area contributed by atoms with Gasteiger partial charge in [-0.2, -0.15) is 27.1 Å². The molecule has 1 aromatic carbocycles. The molecule has 1 aromatic heterocycles. The summed E-state index contributed by atoms with van der Waals surface area (Å²) in [6, 6.07) is 2.79. The number of ether oxygens (including phenoxy) is 1. The third kappa shape index (κ3) is 4.14. The van der Waals surface area contributed by atoms with E-state index in [1.807, 2.05) is 5.32 Å². The molecule has 23 heavy (non-hydrogen) atoms. The van der Waals surface area contributed by atoms with Gasteiger partial charge in [-0.15, -0.1) is 0 Å². The molecule has 5 nitrogen and oxygen atoms in total. The third-order valence-corrected chi connectivity index (χ3v) is 2.52. The number of hydrogen-bond donors (Lipinski definition) is 2. The van der Waals surface area contributed by atoms with Gasteiger partial charge in [-0.05, 0) is 12.1 Å². The van der Waals surface area contributed by atoms with Crippen LogP contribution in [0.3, 0.4) is 0 Å². The van der Waals surface area contributed by atoms with E-state index < -0.39 is 41.6 Å². The molecule has 1 amide bonds. The summed E-state index contributed by atoms with van der Waals surface area (Å²) in [7, 11) is 0. The van der Waals surface area contributed by atoms with Crippen molar-refractivity contribution >= 4 is 11.6 Å². The van der Waals surface area contributed by atoms with Gasteiger partial charge in [0.05, 0.1) is 5.69 Å². The molecule has 0 unspecified atom stereocenters. The molecule has 124 valence electrons. The van der Waals surface area contributed by atoms with Crippen molar-refractivity contribution in [3.05, 3.63) is 41.5 Å². The SMILES string of the molecule is O=C(Nc1ccc(F)cc1OC(F)F)c1cc(C(F)(F)F)[nH]n1. The van der Waals surface area contributed by atoms with Crippen LogP contribution in [0, 0.1) is 5.82 Å². The molecule has 0 saturated heterocycles. The fourth-order valence-electron chi connectivity index (χ4n) is 1.56. The highest BCUT2D eigenvalue weighted by Gasteiger charge is 2.33. The van der Waals surface area contributed by atoms with Crippen LogP contribution in [0.4, 0.5) is 32.0 Å². The van der Waals surface area contributed by atoms with E-state index in [9.17, 15) is 31.1 Å². The molecule has 0 radical (unpaired) electrons. The van der Waals surface area contributed by atoms with E-state index in [0.717, 1.165) is 12.1 Å². The molecule has 11 heteroatoms. The molecular weight excluding hydrogens is 332 g/mol. The topological polar surface area (TPSA) is 67.0 Å². The number of aromatic amines is 1. The van der Waals surface area contributed by atoms with Crippen LogP contribution in [-0.2, 0) is 6.18 Å². The zero-order valence-corrected chi connectivity index (χ0v) is 10.9. The second-order valence-corrected chi connectivity index (χ2v) is 4.14. The number of aromatic nitrogens is 2. The lowest BCUT2D eigenvalue weighted by atomic mass is 10.2. The van der Waals surface area contributed by atoms with Gasteiger partial charge in [0.15, 0.2) is 11.4 Å². The first-order chi connectivity index (χ1) is 10.7. The molecule has 0 atom stereocenters. The summed E-state index contributed by atoms with van der Waals surface area (Å²) in [6.45, 7) is -3.28. The number of benzene rings is 1. The lowest BCUT2D eigenvalue weighted by Gasteiger charge is -2.11. The fraction of sp³-hybridized carbons (Fsp3) is 0.167. The molecule has 2 aromatic rings. The van der Waals surface area contributed by atoms with Crippen molar-refractivity contribution in [2.24, 2.45) is 0 Å². The third-order valence-electron chi connectivity index (χ3n) is 2.52. The van der Waals surface area contributed by atoms with E-state index in [1.165, 1.54) is 0 Å². The Morgan fingerprint density at radius 1 is 1.26 bits per heavy atom. The van der Waals surface area contributed by atoms with Gasteiger partial charge < -0.3 is 10.1 Å². The Morgan fingerprint density at radius 2 is 1.96 bits per heavy atom. The van der Waals surface area contributed by atoms with Crippen LogP contribution in [-0.4, -0.2) is 22.7 Å². The van der Waals surface area contributed by atoms with E-state index in [0.29, 0.717) is 12.1 Å². The highest BCUT2D eigenvalue weighted by atomic mass is 19.4. The second-order valence-electron chi connectivity index (χ2n) is 4.14. The van der Waals surface area contributed by atoms with Crippen LogP contribution in [0.15, 0.2) is 24.3 Å². The number of carbonyl (C=O) groups is 1. The summed E-state index contributed by atoms with van der Waals surface area (Å²) in [5.41, 5.74) is -2.25. The minimum atomic E-state index is -4.73. The van der Waals surface area contributed by atoms with Crippen molar-refractivity contribution in [3.63, 3.8) is 0 Å². The molecule has 0 spiro atoms. The van der Waals surface area contributed by atoms with Crippen molar-refractivity contribution in [2.45, 2.75) is 12.8 Å². The Balaban J connectivity index is 2.21. The maximum absolute atomic E-state index is 13.0. The maximum Gasteiger partial charge on any atom is 0.432 e. The predicted octanol–water partition coefficient (Wildman–Crippen LogP) is 3.42. The molecule has 1 heterocycles. The van der Waals surface area contributed by atoms with E-state index in [1.54, 1.807) is 5.10 Å². The second kappa shape index (κ2) is 6.18. The molecular formula is C12H7F6N3O2. The van der Waals surface area contributed by atoms with Gasteiger partial charge in [0.2, 0.25) is 0 Å². The lowest BCUT2D eigenvalue weighted by molar-refractivity contribution is -0.141. The van der Waals surface area contributed by atoms with Crippen LogP contribution in [0.2, 0.25) is 0 Å². The van der Waals surface area contributed by atoms with Crippen molar-refractivity contribution < 1.29 is 35.9 Å². The van der Waals surface area contributed by atoms with Crippen molar-refractivity contribution in [3.8, 4) is 5.75 Å². The van der Waals surface area contributed by atoms with Crippen LogP contribution in [0.25, 0.3) is 0 Å². The van der Waals surface area contributed by atoms with Crippen LogP contribution in [0.5, 0.6) is 5.75 Å². The van der Waals surface area contributed by atoms with Crippen LogP contribution < -0.4 is 10.1 Å². The van der Waals surface area contributed by atoms with Gasteiger partial charge >= 0.3 is 12.8 Å². The van der Waals surface area contributed by atoms with Gasteiger partial charge in [-0.3, -0.25) is 9.89 Å². The summed E-state index contributed by atoms with van der Waals surface area (Å²) in [6.07, 6.45) is -4.73. The van der Waals surface area contributed by atoms with E-state index >= 15 is 0 Å². The average molecular weight is 339 g/mol. The highest BCUT2D eigenvalue weighted by Crippen LogP contribution is 2.29. The first-order valence-electron chi connectivity index (χ1n) is 5.85. The lowest BCUT2D eigenvalue weighted by Crippen LogP contribution is -2.14. The summed E-state index contributed by atoms with van der Waals surface area (Å²) in [5.74, 6) is -2.71. The molecule has 0 aliphatic rings. The Bertz CT molecular complexity index is 713. The molecule has 2 rings (SSSR count). The average Bonchev–Trinajstić information content (AvgIpc) is 2.90. The molecule has 0 saturated carbocycles. The number of rotatable bonds is 4. The number of halogens is 6. The maximum atomic E-state index is 13.0. The highest BCUT2D eigenvalue weighted by molar-refractivity contribution is 6.03. The Labute approximate surface area is 124 Å². The van der Waals surface area contributed by atoms with Gasteiger partial charge in [-0.25, -0.2) is 4.39 Å². The van der Waals surface area contributed by atoms with Crippen LogP contribution >= 0.6 is 0 Å². The summed E-state index contributed by atoms with van der Waals surface area (Å²) >= 11 is 0. The number of nitrogens with one attached hydrogen (secondary N) is 2. The van der Waals surface area contributed by atoms with Gasteiger partial charge in [0, 0.05) is 12.1 Å². The van der Waals surface area contributed by atoms with Crippen molar-refractivity contribution in [1.29, 1.82) is 0 Å². The standard InChI is InChI=1S/C12H7F6N3O2/c13-5-1-2-6(8(3-5)23-11(14)15)19-10(22)7-4-9(21-20-7)12(16,17)18/h1-4,11H,(H,19,22)(H,20,21). The first-order valence-corrected chi connectivity index (χ1v) is 5.85. The van der Waals surface area contributed by atoms with Gasteiger partial charge in [-0.1, -0.05) is 0 Å². The molecule has 0 fully saturated rings. The van der Waals surface area contributed by atoms with Gasteiger partial charge in [0.1, 0.15) is 11.5 Å². The Kier molecular flexibility index (Phi) is 4.48. The summed E-state index contributed by atoms with van der Waals surface area (Å²) in [5, 5.41) is 6.80. The fourth-order valence-corrected chi connectivity index (χ4v) is 1.56. The predicted molar refractivity (Wildman–Crippen MR) is 64.6 cm³/mol. The van der Waals surface area contributed by atoms with Crippen molar-refractivity contribution in [1.82, 2.24) is 10.2 Å². The number of nitrogens with zero attached hydrogens (tertiary/aromatic N) is 1. The number of amides is 1. The number of alkyl halides is 5. The molecule has 0 aliphatic carbocycles. The van der Waals surface area contributed by atoms with E-state index in [4.69, 9.17) is 0 Å². The minimum absolute atomic E-state index is 0.353. The Hall–Kier alpha value is -2.72. The molecule has 2 N–H and O–H groups in total. The summed E-state index contributed by atoms with van der Waals surface area (Å²) in [4.78, 5) is 11.8. The van der Waals surface area contributed by atoms with Crippen molar-refractivity contribution in [2.75, 3.05) is 5.32 Å². The number of carbonyl (C=O) groups excluding carboxylic acids is 1. The normalized spacial score (nSPS) is 11.6. The van der Waals surface area contributed by atoms with Gasteiger partial charge in [0.25, 0.3) is 5.91 Å². The monoisotopic (exact) mass is 339 g/mol. The zero-order valence-electron chi connectivity index (χ0n) is 10.9. The smallest absolute Gasteiger partial charge is 0.432 e. The molecule has 0 aliphatic heterocycles. The van der Waals surface area contributed by atoms with E-state index in [-0.39, 0.29) is 5.69 Å². The van der Waals surface area contributed by atoms with Crippen LogP contribution in [0.1, 0.15) is 16.2 Å². The minimum Gasteiger partial charge on any atom is -0.432 e.